The smallest absolute Gasteiger partial charge is 0.331 e. The van der Waals surface area contributed by atoms with Gasteiger partial charge >= 0.3 is 5.97 Å². The fraction of sp³-hybridized carbons (Fsp3) is 0.353. The highest BCUT2D eigenvalue weighted by atomic mass is 16.5. The van der Waals surface area contributed by atoms with Gasteiger partial charge in [0, 0.05) is 12.0 Å². The molecule has 0 aliphatic heterocycles. The number of aromatic nitrogens is 2. The summed E-state index contributed by atoms with van der Waals surface area (Å²) >= 11 is 0. The first-order valence-corrected chi connectivity index (χ1v) is 7.52. The summed E-state index contributed by atoms with van der Waals surface area (Å²) in [5.41, 5.74) is 1.05. The van der Waals surface area contributed by atoms with E-state index in [0.29, 0.717) is 12.2 Å². The molecule has 0 amide bonds. The van der Waals surface area contributed by atoms with Crippen LogP contribution in [0.3, 0.4) is 0 Å². The molecule has 0 aliphatic rings. The minimum atomic E-state index is -1.07. The van der Waals surface area contributed by atoms with E-state index in [1.807, 2.05) is 24.3 Å². The van der Waals surface area contributed by atoms with Crippen LogP contribution in [0.1, 0.15) is 37.0 Å². The number of benzene rings is 1. The molecule has 0 aliphatic carbocycles. The molecule has 0 atom stereocenters. The number of nitrogens with zero attached hydrogens (tertiary/aromatic N) is 2. The van der Waals surface area contributed by atoms with Crippen LogP contribution in [0.25, 0.3) is 0 Å². The van der Waals surface area contributed by atoms with Gasteiger partial charge < -0.3 is 14.4 Å². The summed E-state index contributed by atoms with van der Waals surface area (Å²) in [6.45, 7) is 6.28. The van der Waals surface area contributed by atoms with Crippen molar-refractivity contribution in [3.63, 3.8) is 0 Å². The molecule has 0 saturated heterocycles. The van der Waals surface area contributed by atoms with Crippen LogP contribution < -0.4 is 4.74 Å². The van der Waals surface area contributed by atoms with Gasteiger partial charge in [-0.25, -0.2) is 4.79 Å². The minimum Gasteiger partial charge on any atom is -0.494 e. The van der Waals surface area contributed by atoms with E-state index in [4.69, 9.17) is 14.4 Å². The van der Waals surface area contributed by atoms with Crippen molar-refractivity contribution >= 4 is 5.97 Å². The SMILES string of the molecule is C=C(Cc1nc(Cc2ccc(OCCCC)cc2)no1)C(=O)O. The van der Waals surface area contributed by atoms with Gasteiger partial charge in [-0.2, -0.15) is 4.98 Å². The molecule has 1 aromatic carbocycles. The molecular weight excluding hydrogens is 296 g/mol. The third kappa shape index (κ3) is 5.25. The third-order valence-corrected chi connectivity index (χ3v) is 3.23. The Labute approximate surface area is 134 Å². The van der Waals surface area contributed by atoms with Gasteiger partial charge in [-0.1, -0.05) is 37.2 Å². The van der Waals surface area contributed by atoms with Crippen LogP contribution in [-0.4, -0.2) is 27.8 Å². The Bertz CT molecular complexity index is 661. The van der Waals surface area contributed by atoms with Crippen molar-refractivity contribution in [3.8, 4) is 5.75 Å². The second kappa shape index (κ2) is 8.12. The number of unbranched alkanes of at least 4 members (excludes halogenated alkanes) is 1. The van der Waals surface area contributed by atoms with Gasteiger partial charge in [0.1, 0.15) is 5.75 Å². The minimum absolute atomic E-state index is 0.0220. The number of rotatable bonds is 9. The molecule has 23 heavy (non-hydrogen) atoms. The van der Waals surface area contributed by atoms with Gasteiger partial charge in [0.2, 0.25) is 5.89 Å². The van der Waals surface area contributed by atoms with Crippen molar-refractivity contribution in [3.05, 3.63) is 53.7 Å². The first-order valence-electron chi connectivity index (χ1n) is 7.52. The highest BCUT2D eigenvalue weighted by molar-refractivity contribution is 5.86. The quantitative estimate of drug-likeness (QED) is 0.565. The summed E-state index contributed by atoms with van der Waals surface area (Å²) in [6, 6.07) is 7.73. The maximum Gasteiger partial charge on any atom is 0.331 e. The Morgan fingerprint density at radius 1 is 1.35 bits per heavy atom. The average Bonchev–Trinajstić information content (AvgIpc) is 2.96. The number of carboxylic acid groups (broad SMARTS) is 1. The van der Waals surface area contributed by atoms with E-state index in [2.05, 4.69) is 23.6 Å². The molecule has 6 heteroatoms. The molecule has 0 radical (unpaired) electrons. The number of carbonyl (C=O) groups is 1. The summed E-state index contributed by atoms with van der Waals surface area (Å²) < 4.78 is 10.6. The molecule has 0 bridgehead atoms. The standard InChI is InChI=1S/C17H20N2O4/c1-3-4-9-22-14-7-5-13(6-8-14)11-15-18-16(23-19-15)10-12(2)17(20)21/h5-8H,2-4,9-11H2,1H3,(H,20,21). The zero-order valence-corrected chi connectivity index (χ0v) is 13.1. The monoisotopic (exact) mass is 316 g/mol. The second-order valence-corrected chi connectivity index (χ2v) is 5.21. The van der Waals surface area contributed by atoms with Gasteiger partial charge in [-0.15, -0.1) is 0 Å². The normalized spacial score (nSPS) is 10.5. The Balaban J connectivity index is 1.90. The van der Waals surface area contributed by atoms with Crippen LogP contribution in [-0.2, 0) is 17.6 Å². The van der Waals surface area contributed by atoms with Crippen LogP contribution in [0, 0.1) is 0 Å². The first kappa shape index (κ1) is 16.7. The summed E-state index contributed by atoms with van der Waals surface area (Å²) in [7, 11) is 0. The lowest BCUT2D eigenvalue weighted by atomic mass is 10.1. The summed E-state index contributed by atoms with van der Waals surface area (Å²) in [5, 5.41) is 12.6. The Kier molecular flexibility index (Phi) is 5.91. The fourth-order valence-electron chi connectivity index (χ4n) is 1.91. The largest absolute Gasteiger partial charge is 0.494 e. The zero-order valence-electron chi connectivity index (χ0n) is 13.1. The van der Waals surface area contributed by atoms with Crippen molar-refractivity contribution in [2.75, 3.05) is 6.61 Å². The highest BCUT2D eigenvalue weighted by Gasteiger charge is 2.12. The number of ether oxygens (including phenoxy) is 1. The number of carboxylic acids is 1. The number of aliphatic carboxylic acids is 1. The van der Waals surface area contributed by atoms with E-state index >= 15 is 0 Å². The molecule has 0 fully saturated rings. The molecule has 2 aromatic rings. The average molecular weight is 316 g/mol. The van der Waals surface area contributed by atoms with E-state index in [1.165, 1.54) is 0 Å². The van der Waals surface area contributed by atoms with Gasteiger partial charge in [0.25, 0.3) is 0 Å². The molecule has 6 nitrogen and oxygen atoms in total. The van der Waals surface area contributed by atoms with Crippen LogP contribution in [0.4, 0.5) is 0 Å². The van der Waals surface area contributed by atoms with Gasteiger partial charge in [0.05, 0.1) is 13.0 Å². The van der Waals surface area contributed by atoms with Crippen molar-refractivity contribution in [2.24, 2.45) is 0 Å². The van der Waals surface area contributed by atoms with Crippen LogP contribution >= 0.6 is 0 Å². The second-order valence-electron chi connectivity index (χ2n) is 5.21. The van der Waals surface area contributed by atoms with Crippen LogP contribution in [0.5, 0.6) is 5.75 Å². The highest BCUT2D eigenvalue weighted by Crippen LogP contribution is 2.15. The van der Waals surface area contributed by atoms with Gasteiger partial charge in [0.15, 0.2) is 5.82 Å². The molecule has 0 unspecified atom stereocenters. The van der Waals surface area contributed by atoms with Crippen LogP contribution in [0.2, 0.25) is 0 Å². The number of hydrogen-bond donors (Lipinski definition) is 1. The zero-order chi connectivity index (χ0) is 16.7. The molecule has 1 heterocycles. The summed E-state index contributed by atoms with van der Waals surface area (Å²) in [6.07, 6.45) is 2.70. The fourth-order valence-corrected chi connectivity index (χ4v) is 1.91. The van der Waals surface area contributed by atoms with Crippen molar-refractivity contribution in [1.29, 1.82) is 0 Å². The molecule has 1 N–H and O–H groups in total. The van der Waals surface area contributed by atoms with Crippen molar-refractivity contribution < 1.29 is 19.2 Å². The maximum atomic E-state index is 10.7. The van der Waals surface area contributed by atoms with Gasteiger partial charge in [-0.05, 0) is 24.1 Å². The number of hydrogen-bond acceptors (Lipinski definition) is 5. The van der Waals surface area contributed by atoms with Crippen LogP contribution in [0.15, 0.2) is 40.9 Å². The molecular formula is C17H20N2O4. The lowest BCUT2D eigenvalue weighted by Crippen LogP contribution is -2.02. The molecule has 2 rings (SSSR count). The van der Waals surface area contributed by atoms with E-state index in [9.17, 15) is 4.79 Å². The topological polar surface area (TPSA) is 85.5 Å². The van der Waals surface area contributed by atoms with Gasteiger partial charge in [-0.3, -0.25) is 0 Å². The Morgan fingerprint density at radius 2 is 2.09 bits per heavy atom. The van der Waals surface area contributed by atoms with E-state index < -0.39 is 5.97 Å². The molecule has 122 valence electrons. The van der Waals surface area contributed by atoms with Crippen molar-refractivity contribution in [1.82, 2.24) is 10.1 Å². The summed E-state index contributed by atoms with van der Waals surface area (Å²) in [4.78, 5) is 14.9. The van der Waals surface area contributed by atoms with E-state index in [1.54, 1.807) is 0 Å². The first-order chi connectivity index (χ1) is 11.1. The third-order valence-electron chi connectivity index (χ3n) is 3.23. The lowest BCUT2D eigenvalue weighted by Gasteiger charge is -2.05. The predicted molar refractivity (Wildman–Crippen MR) is 84.4 cm³/mol. The Morgan fingerprint density at radius 3 is 2.74 bits per heavy atom. The lowest BCUT2D eigenvalue weighted by molar-refractivity contribution is -0.132. The maximum absolute atomic E-state index is 10.7. The molecule has 0 saturated carbocycles. The predicted octanol–water partition coefficient (Wildman–Crippen LogP) is 3.02. The van der Waals surface area contributed by atoms with E-state index in [-0.39, 0.29) is 17.9 Å². The van der Waals surface area contributed by atoms with E-state index in [0.717, 1.165) is 30.8 Å². The molecule has 0 spiro atoms. The molecule has 1 aromatic heterocycles. The van der Waals surface area contributed by atoms with Crippen molar-refractivity contribution in [2.45, 2.75) is 32.6 Å². The Hall–Kier alpha value is -2.63. The summed E-state index contributed by atoms with van der Waals surface area (Å²) in [5.74, 6) is 0.543.